The lowest BCUT2D eigenvalue weighted by Gasteiger charge is -2.10. The predicted molar refractivity (Wildman–Crippen MR) is 102 cm³/mol. The van der Waals surface area contributed by atoms with Gasteiger partial charge >= 0.3 is 0 Å². The second-order valence-corrected chi connectivity index (χ2v) is 7.86. The number of benzene rings is 2. The number of methoxy groups -OCH3 is 1. The van der Waals surface area contributed by atoms with E-state index in [0.29, 0.717) is 23.7 Å². The zero-order chi connectivity index (χ0) is 19.2. The summed E-state index contributed by atoms with van der Waals surface area (Å²) in [4.78, 5) is 12.4. The number of hydrogen-bond acceptors (Lipinski definition) is 4. The van der Waals surface area contributed by atoms with Crippen molar-refractivity contribution >= 4 is 33.2 Å². The monoisotopic (exact) mass is 396 g/mol. The standard InChI is InChI=1S/C18H21ClN2O4S/c1-13-7-8-15(12-17(13)19)21-18(22)14-5-3-6-16(11-14)26(23,24)20-9-4-10-25-2/h3,5-8,11-12,20H,4,9-10H2,1-2H3,(H,21,22). The molecule has 0 fully saturated rings. The number of carbonyl (C=O) groups is 1. The van der Waals surface area contributed by atoms with Crippen LogP contribution in [-0.2, 0) is 14.8 Å². The Hall–Kier alpha value is -1.93. The Morgan fingerprint density at radius 3 is 2.65 bits per heavy atom. The Bertz CT molecular complexity index is 885. The number of anilines is 1. The summed E-state index contributed by atoms with van der Waals surface area (Å²) in [6.07, 6.45) is 0.560. The number of sulfonamides is 1. The molecule has 0 heterocycles. The van der Waals surface area contributed by atoms with E-state index in [1.54, 1.807) is 31.4 Å². The van der Waals surface area contributed by atoms with Gasteiger partial charge in [-0.05, 0) is 49.2 Å². The van der Waals surface area contributed by atoms with Crippen LogP contribution in [0.25, 0.3) is 0 Å². The molecular formula is C18H21ClN2O4S. The molecule has 0 atom stereocenters. The van der Waals surface area contributed by atoms with Crippen molar-refractivity contribution in [1.82, 2.24) is 4.72 Å². The Morgan fingerprint density at radius 1 is 1.19 bits per heavy atom. The molecule has 2 N–H and O–H groups in total. The zero-order valence-electron chi connectivity index (χ0n) is 14.6. The Kier molecular flexibility index (Phi) is 7.16. The van der Waals surface area contributed by atoms with E-state index in [1.807, 2.05) is 6.92 Å². The second-order valence-electron chi connectivity index (χ2n) is 5.69. The molecule has 0 spiro atoms. The van der Waals surface area contributed by atoms with Gasteiger partial charge in [-0.3, -0.25) is 4.79 Å². The van der Waals surface area contributed by atoms with E-state index in [-0.39, 0.29) is 17.0 Å². The number of hydrogen-bond donors (Lipinski definition) is 2. The largest absolute Gasteiger partial charge is 0.385 e. The minimum atomic E-state index is -3.69. The molecule has 0 aliphatic carbocycles. The van der Waals surface area contributed by atoms with Crippen LogP contribution in [0.4, 0.5) is 5.69 Å². The van der Waals surface area contributed by atoms with Crippen LogP contribution in [0, 0.1) is 6.92 Å². The van der Waals surface area contributed by atoms with E-state index in [2.05, 4.69) is 10.0 Å². The third-order valence-corrected chi connectivity index (χ3v) is 5.52. The lowest BCUT2D eigenvalue weighted by Crippen LogP contribution is -2.26. The summed E-state index contributed by atoms with van der Waals surface area (Å²) >= 11 is 6.05. The smallest absolute Gasteiger partial charge is 0.255 e. The van der Waals surface area contributed by atoms with Crippen LogP contribution >= 0.6 is 11.6 Å². The average molecular weight is 397 g/mol. The van der Waals surface area contributed by atoms with Gasteiger partial charge in [-0.1, -0.05) is 23.7 Å². The summed E-state index contributed by atoms with van der Waals surface area (Å²) in [7, 11) is -2.14. The molecule has 0 saturated carbocycles. The first-order valence-corrected chi connectivity index (χ1v) is 9.86. The summed E-state index contributed by atoms with van der Waals surface area (Å²) in [5.74, 6) is -0.415. The number of rotatable bonds is 8. The predicted octanol–water partition coefficient (Wildman–Crippen LogP) is 3.22. The first-order chi connectivity index (χ1) is 12.3. The van der Waals surface area contributed by atoms with Gasteiger partial charge in [0.05, 0.1) is 4.90 Å². The highest BCUT2D eigenvalue weighted by Gasteiger charge is 2.16. The van der Waals surface area contributed by atoms with Gasteiger partial charge in [0.15, 0.2) is 0 Å². The minimum absolute atomic E-state index is 0.0319. The summed E-state index contributed by atoms with van der Waals surface area (Å²) in [5.41, 5.74) is 1.68. The highest BCUT2D eigenvalue weighted by Crippen LogP contribution is 2.21. The Balaban J connectivity index is 2.12. The van der Waals surface area contributed by atoms with Crippen molar-refractivity contribution in [3.8, 4) is 0 Å². The van der Waals surface area contributed by atoms with Crippen molar-refractivity contribution < 1.29 is 17.9 Å². The van der Waals surface area contributed by atoms with Crippen molar-refractivity contribution in [1.29, 1.82) is 0 Å². The molecular weight excluding hydrogens is 376 g/mol. The van der Waals surface area contributed by atoms with E-state index in [1.165, 1.54) is 18.2 Å². The van der Waals surface area contributed by atoms with Gasteiger partial charge in [0.25, 0.3) is 5.91 Å². The van der Waals surface area contributed by atoms with Gasteiger partial charge in [0.1, 0.15) is 0 Å². The van der Waals surface area contributed by atoms with E-state index in [4.69, 9.17) is 16.3 Å². The molecule has 0 aliphatic heterocycles. The fraction of sp³-hybridized carbons (Fsp3) is 0.278. The third-order valence-electron chi connectivity index (χ3n) is 3.65. The number of aryl methyl sites for hydroxylation is 1. The molecule has 0 unspecified atom stereocenters. The lowest BCUT2D eigenvalue weighted by molar-refractivity contribution is 0.102. The van der Waals surface area contributed by atoms with Crippen LogP contribution < -0.4 is 10.0 Å². The van der Waals surface area contributed by atoms with Gasteiger partial charge in [-0.2, -0.15) is 0 Å². The topological polar surface area (TPSA) is 84.5 Å². The number of carbonyl (C=O) groups excluding carboxylic acids is 1. The van der Waals surface area contributed by atoms with Crippen LogP contribution in [0.5, 0.6) is 0 Å². The van der Waals surface area contributed by atoms with E-state index in [0.717, 1.165) is 5.56 Å². The molecule has 0 bridgehead atoms. The number of amides is 1. The third kappa shape index (κ3) is 5.54. The van der Waals surface area contributed by atoms with E-state index in [9.17, 15) is 13.2 Å². The maximum Gasteiger partial charge on any atom is 0.255 e. The highest BCUT2D eigenvalue weighted by molar-refractivity contribution is 7.89. The molecule has 140 valence electrons. The lowest BCUT2D eigenvalue weighted by atomic mass is 10.2. The molecule has 0 radical (unpaired) electrons. The SMILES string of the molecule is COCCCNS(=O)(=O)c1cccc(C(=O)Nc2ccc(C)c(Cl)c2)c1. The van der Waals surface area contributed by atoms with Crippen molar-refractivity contribution in [2.45, 2.75) is 18.2 Å². The molecule has 1 amide bonds. The maximum atomic E-state index is 12.4. The average Bonchev–Trinajstić information content (AvgIpc) is 2.62. The van der Waals surface area contributed by atoms with Crippen LogP contribution in [0.15, 0.2) is 47.4 Å². The van der Waals surface area contributed by atoms with Gasteiger partial charge in [0, 0.05) is 36.5 Å². The molecule has 0 saturated heterocycles. The van der Waals surface area contributed by atoms with E-state index >= 15 is 0 Å². The summed E-state index contributed by atoms with van der Waals surface area (Å²) in [6, 6.07) is 11.0. The number of ether oxygens (including phenoxy) is 1. The first kappa shape index (κ1) is 20.4. The summed E-state index contributed by atoms with van der Waals surface area (Å²) in [5, 5.41) is 3.25. The molecule has 8 heteroatoms. The van der Waals surface area contributed by atoms with Crippen LogP contribution in [-0.4, -0.2) is 34.6 Å². The fourth-order valence-corrected chi connectivity index (χ4v) is 3.48. The fourth-order valence-electron chi connectivity index (χ4n) is 2.18. The molecule has 2 aromatic rings. The summed E-state index contributed by atoms with van der Waals surface area (Å²) in [6.45, 7) is 2.58. The number of nitrogens with one attached hydrogen (secondary N) is 2. The highest BCUT2D eigenvalue weighted by atomic mass is 35.5. The molecule has 0 aliphatic rings. The Morgan fingerprint density at radius 2 is 1.96 bits per heavy atom. The second kappa shape index (κ2) is 9.14. The van der Waals surface area contributed by atoms with Crippen molar-refractivity contribution in [2.75, 3.05) is 25.6 Å². The van der Waals surface area contributed by atoms with Crippen LogP contribution in [0.1, 0.15) is 22.3 Å². The molecule has 6 nitrogen and oxygen atoms in total. The van der Waals surface area contributed by atoms with Gasteiger partial charge in [-0.25, -0.2) is 13.1 Å². The minimum Gasteiger partial charge on any atom is -0.385 e. The van der Waals surface area contributed by atoms with Crippen LogP contribution in [0.2, 0.25) is 5.02 Å². The Labute approximate surface area is 158 Å². The van der Waals surface area contributed by atoms with Crippen molar-refractivity contribution in [3.05, 3.63) is 58.6 Å². The van der Waals surface area contributed by atoms with Crippen LogP contribution in [0.3, 0.4) is 0 Å². The molecule has 0 aromatic heterocycles. The van der Waals surface area contributed by atoms with E-state index < -0.39 is 15.9 Å². The zero-order valence-corrected chi connectivity index (χ0v) is 16.2. The molecule has 2 aromatic carbocycles. The maximum absolute atomic E-state index is 12.4. The number of halogens is 1. The quantitative estimate of drug-likeness (QED) is 0.671. The molecule has 26 heavy (non-hydrogen) atoms. The normalized spacial score (nSPS) is 11.3. The van der Waals surface area contributed by atoms with Crippen molar-refractivity contribution in [3.63, 3.8) is 0 Å². The van der Waals surface area contributed by atoms with Crippen molar-refractivity contribution in [2.24, 2.45) is 0 Å². The first-order valence-electron chi connectivity index (χ1n) is 7.99. The van der Waals surface area contributed by atoms with Gasteiger partial charge < -0.3 is 10.1 Å². The summed E-state index contributed by atoms with van der Waals surface area (Å²) < 4.78 is 32.0. The van der Waals surface area contributed by atoms with Gasteiger partial charge in [0.2, 0.25) is 10.0 Å². The molecule has 2 rings (SSSR count). The van der Waals surface area contributed by atoms with Gasteiger partial charge in [-0.15, -0.1) is 0 Å².